The van der Waals surface area contributed by atoms with Gasteiger partial charge in [0.05, 0.1) is 0 Å². The van der Waals surface area contributed by atoms with E-state index < -0.39 is 0 Å². The van der Waals surface area contributed by atoms with Crippen LogP contribution in [-0.4, -0.2) is 76.3 Å². The number of likely N-dealkylation sites (tertiary alicyclic amines) is 2. The summed E-state index contributed by atoms with van der Waals surface area (Å²) in [6.45, 7) is 58.3. The lowest BCUT2D eigenvalue weighted by molar-refractivity contribution is 0.129. The molecule has 4 aliphatic rings. The van der Waals surface area contributed by atoms with E-state index in [1.54, 1.807) is 0 Å². The van der Waals surface area contributed by atoms with Crippen molar-refractivity contribution in [3.8, 4) is 0 Å². The SMILES string of the molecule is CC(C)(C)C.CC(C)(C)C1CCNC1.CC(C)(C)C1CCNCC1.CC(C)C(C)(C)C.CN1CCC(C(C)(C)C)C1.CN1CCC(C(C)(C)C)CC1. The number of piperidine rings is 2. The van der Waals surface area contributed by atoms with Crippen LogP contribution in [0.4, 0.5) is 0 Å². The lowest BCUT2D eigenvalue weighted by atomic mass is 9.75. The molecule has 2 atom stereocenters. The first-order chi connectivity index (χ1) is 23.2. The zero-order valence-corrected chi connectivity index (χ0v) is 40.7. The minimum Gasteiger partial charge on any atom is -0.317 e. The average Bonchev–Trinajstić information content (AvgIpc) is 3.66. The summed E-state index contributed by atoms with van der Waals surface area (Å²) < 4.78 is 0. The predicted octanol–water partition coefficient (Wildman–Crippen LogP) is 12.8. The molecule has 0 aliphatic carbocycles. The third-order valence-corrected chi connectivity index (χ3v) is 12.1. The lowest BCUT2D eigenvalue weighted by Gasteiger charge is -2.37. The van der Waals surface area contributed by atoms with Gasteiger partial charge in [0, 0.05) is 6.54 Å². The normalized spacial score (nSPS) is 23.1. The van der Waals surface area contributed by atoms with Gasteiger partial charge in [0.1, 0.15) is 0 Å². The van der Waals surface area contributed by atoms with Crippen molar-refractivity contribution in [3.05, 3.63) is 0 Å². The van der Waals surface area contributed by atoms with E-state index in [9.17, 15) is 0 Å². The topological polar surface area (TPSA) is 30.5 Å². The molecule has 4 heteroatoms. The smallest absolute Gasteiger partial charge is 0.00121 e. The van der Waals surface area contributed by atoms with E-state index in [-0.39, 0.29) is 0 Å². The van der Waals surface area contributed by atoms with Crippen molar-refractivity contribution in [1.29, 1.82) is 0 Å². The van der Waals surface area contributed by atoms with E-state index in [1.807, 2.05) is 0 Å². The Kier molecular flexibility index (Phi) is 24.7. The van der Waals surface area contributed by atoms with Crippen LogP contribution >= 0.6 is 0 Å². The van der Waals surface area contributed by atoms with Gasteiger partial charge >= 0.3 is 0 Å². The lowest BCUT2D eigenvalue weighted by Crippen LogP contribution is -2.35. The predicted molar refractivity (Wildman–Crippen MR) is 240 cm³/mol. The first-order valence-corrected chi connectivity index (χ1v) is 21.9. The molecule has 52 heavy (non-hydrogen) atoms. The van der Waals surface area contributed by atoms with Crippen molar-refractivity contribution < 1.29 is 0 Å². The second-order valence-electron chi connectivity index (χ2n) is 24.5. The fraction of sp³-hybridized carbons (Fsp3) is 1.00. The minimum absolute atomic E-state index is 0.500. The summed E-state index contributed by atoms with van der Waals surface area (Å²) in [5, 5.41) is 6.77. The van der Waals surface area contributed by atoms with Gasteiger partial charge < -0.3 is 20.4 Å². The summed E-state index contributed by atoms with van der Waals surface area (Å²) in [6.07, 6.45) is 8.26. The van der Waals surface area contributed by atoms with Gasteiger partial charge in [0.15, 0.2) is 0 Å². The molecule has 0 radical (unpaired) electrons. The van der Waals surface area contributed by atoms with E-state index in [0.717, 1.165) is 29.6 Å². The van der Waals surface area contributed by atoms with E-state index >= 15 is 0 Å². The summed E-state index contributed by atoms with van der Waals surface area (Å²) in [6, 6.07) is 0. The Hall–Kier alpha value is -0.160. The van der Waals surface area contributed by atoms with Crippen LogP contribution in [0.1, 0.15) is 184 Å². The zero-order valence-electron chi connectivity index (χ0n) is 40.7. The highest BCUT2D eigenvalue weighted by Crippen LogP contribution is 2.35. The molecular weight excluding hydrogens is 633 g/mol. The van der Waals surface area contributed by atoms with Crippen molar-refractivity contribution >= 4 is 0 Å². The molecule has 0 amide bonds. The molecule has 4 saturated heterocycles. The van der Waals surface area contributed by atoms with Gasteiger partial charge in [-0.2, -0.15) is 0 Å². The number of nitrogens with zero attached hydrogens (tertiary/aromatic N) is 2. The van der Waals surface area contributed by atoms with Gasteiger partial charge in [0.2, 0.25) is 0 Å². The Bertz CT molecular complexity index is 824. The van der Waals surface area contributed by atoms with Crippen LogP contribution in [0.5, 0.6) is 0 Å². The molecule has 0 saturated carbocycles. The Labute approximate surface area is 332 Å². The molecule has 4 fully saturated rings. The molecule has 0 bridgehead atoms. The molecule has 4 heterocycles. The molecule has 4 nitrogen and oxygen atoms in total. The molecule has 4 aliphatic heterocycles. The van der Waals surface area contributed by atoms with E-state index in [2.05, 4.69) is 180 Å². The summed E-state index contributed by atoms with van der Waals surface area (Å²) >= 11 is 0. The van der Waals surface area contributed by atoms with Gasteiger partial charge in [-0.3, -0.25) is 0 Å². The van der Waals surface area contributed by atoms with Gasteiger partial charge in [-0.05, 0) is 161 Å². The number of nitrogens with one attached hydrogen (secondary N) is 2. The molecular formula is C48H104N4. The van der Waals surface area contributed by atoms with E-state index in [1.165, 1.54) is 90.9 Å². The fourth-order valence-electron chi connectivity index (χ4n) is 6.60. The first kappa shape index (κ1) is 53.9. The molecule has 2 N–H and O–H groups in total. The number of hydrogen-bond acceptors (Lipinski definition) is 4. The Morgan fingerprint density at radius 3 is 0.923 bits per heavy atom. The van der Waals surface area contributed by atoms with Crippen LogP contribution in [0.2, 0.25) is 0 Å². The second kappa shape index (κ2) is 23.8. The van der Waals surface area contributed by atoms with Crippen molar-refractivity contribution in [3.63, 3.8) is 0 Å². The fourth-order valence-corrected chi connectivity index (χ4v) is 6.60. The van der Waals surface area contributed by atoms with Crippen molar-refractivity contribution in [1.82, 2.24) is 20.4 Å². The maximum absolute atomic E-state index is 3.39. The Morgan fingerprint density at radius 2 is 0.712 bits per heavy atom. The maximum Gasteiger partial charge on any atom is 0.00121 e. The van der Waals surface area contributed by atoms with Crippen LogP contribution in [0.25, 0.3) is 0 Å². The standard InChI is InChI=1S/C10H21N.2C9H19N.C8H17N.C7H16.C5H12/c1-10(2,3)9-5-7-11(4)8-6-9;1-9(2,3)8-5-6-10(4)7-8;1-9(2,3)8-4-6-10-7-5-8;1-8(2,3)7-4-5-9-6-7;1-6(2)7(3,4)5;1-5(2,3)4/h9H,5-8H2,1-4H3;8H,5-7H2,1-4H3;8,10H,4-7H2,1-3H3;7,9H,4-6H2,1-3H3;6H,1-5H3;1-4H3. The summed E-state index contributed by atoms with van der Waals surface area (Å²) in [7, 11) is 4.44. The summed E-state index contributed by atoms with van der Waals surface area (Å²) in [5.41, 5.74) is 3.09. The maximum atomic E-state index is 3.39. The van der Waals surface area contributed by atoms with Crippen LogP contribution in [0.15, 0.2) is 0 Å². The molecule has 2 unspecified atom stereocenters. The minimum atomic E-state index is 0.500. The Morgan fingerprint density at radius 1 is 0.423 bits per heavy atom. The third kappa shape index (κ3) is 29.2. The highest BCUT2D eigenvalue weighted by Gasteiger charge is 2.30. The van der Waals surface area contributed by atoms with Crippen molar-refractivity contribution in [2.24, 2.45) is 62.1 Å². The van der Waals surface area contributed by atoms with Gasteiger partial charge in [-0.1, -0.05) is 145 Å². The summed E-state index contributed by atoms with van der Waals surface area (Å²) in [5.74, 6) is 4.50. The Balaban J connectivity index is 0. The van der Waals surface area contributed by atoms with E-state index in [0.29, 0.717) is 32.5 Å². The molecule has 0 aromatic heterocycles. The number of hydrogen-bond donors (Lipinski definition) is 2. The van der Waals surface area contributed by atoms with Gasteiger partial charge in [-0.25, -0.2) is 0 Å². The van der Waals surface area contributed by atoms with Gasteiger partial charge in [0.25, 0.3) is 0 Å². The quantitative estimate of drug-likeness (QED) is 0.259. The van der Waals surface area contributed by atoms with Crippen molar-refractivity contribution in [2.45, 2.75) is 184 Å². The molecule has 4 rings (SSSR count). The average molecular weight is 737 g/mol. The highest BCUT2D eigenvalue weighted by atomic mass is 15.1. The summed E-state index contributed by atoms with van der Waals surface area (Å²) in [4.78, 5) is 4.86. The molecule has 316 valence electrons. The molecule has 0 aromatic rings. The first-order valence-electron chi connectivity index (χ1n) is 21.9. The monoisotopic (exact) mass is 737 g/mol. The van der Waals surface area contributed by atoms with Crippen LogP contribution in [0, 0.1) is 62.1 Å². The number of rotatable bonds is 0. The molecule has 0 aromatic carbocycles. The largest absolute Gasteiger partial charge is 0.317 e. The van der Waals surface area contributed by atoms with Crippen LogP contribution in [-0.2, 0) is 0 Å². The second-order valence-corrected chi connectivity index (χ2v) is 24.5. The third-order valence-electron chi connectivity index (χ3n) is 12.1. The zero-order chi connectivity index (χ0) is 41.4. The highest BCUT2D eigenvalue weighted by molar-refractivity contribution is 4.83. The van der Waals surface area contributed by atoms with Gasteiger partial charge in [-0.15, -0.1) is 0 Å². The molecule has 0 spiro atoms. The van der Waals surface area contributed by atoms with E-state index in [4.69, 9.17) is 0 Å². The van der Waals surface area contributed by atoms with Crippen LogP contribution in [0.3, 0.4) is 0 Å². The van der Waals surface area contributed by atoms with Crippen LogP contribution < -0.4 is 10.6 Å². The van der Waals surface area contributed by atoms with Crippen molar-refractivity contribution in [2.75, 3.05) is 66.5 Å².